The highest BCUT2D eigenvalue weighted by atomic mass is 16.5. The third-order valence-corrected chi connectivity index (χ3v) is 2.45. The van der Waals surface area contributed by atoms with Gasteiger partial charge in [-0.2, -0.15) is 0 Å². The van der Waals surface area contributed by atoms with Gasteiger partial charge >= 0.3 is 0 Å². The van der Waals surface area contributed by atoms with E-state index in [1.165, 1.54) is 0 Å². The molecule has 0 spiro atoms. The van der Waals surface area contributed by atoms with E-state index >= 15 is 0 Å². The van der Waals surface area contributed by atoms with E-state index in [2.05, 4.69) is 16.9 Å². The maximum atomic E-state index is 5.75. The molecule has 0 saturated heterocycles. The number of ether oxygens (including phenoxy) is 1. The molecule has 0 N–H and O–H groups in total. The van der Waals surface area contributed by atoms with Crippen molar-refractivity contribution < 1.29 is 4.74 Å². The minimum atomic E-state index is 0.708. The zero-order chi connectivity index (χ0) is 11.9. The molecule has 2 rings (SSSR count). The molecule has 3 nitrogen and oxygen atoms in total. The molecule has 1 aromatic heterocycles. The van der Waals surface area contributed by atoms with Gasteiger partial charge in [-0.1, -0.05) is 25.5 Å². The number of benzene rings is 1. The number of aromatic nitrogens is 2. The van der Waals surface area contributed by atoms with E-state index in [0.29, 0.717) is 5.82 Å². The fraction of sp³-hybridized carbons (Fsp3) is 0.286. The molecule has 0 unspecified atom stereocenters. The Labute approximate surface area is 102 Å². The van der Waals surface area contributed by atoms with Crippen LogP contribution in [0.2, 0.25) is 0 Å². The van der Waals surface area contributed by atoms with Crippen LogP contribution >= 0.6 is 0 Å². The molecule has 0 atom stereocenters. The first-order valence-electron chi connectivity index (χ1n) is 5.91. The van der Waals surface area contributed by atoms with Crippen LogP contribution in [0.1, 0.15) is 19.8 Å². The van der Waals surface area contributed by atoms with Gasteiger partial charge in [0.25, 0.3) is 0 Å². The zero-order valence-corrected chi connectivity index (χ0v) is 9.97. The van der Waals surface area contributed by atoms with Gasteiger partial charge in [-0.15, -0.1) is 0 Å². The van der Waals surface area contributed by atoms with Crippen molar-refractivity contribution in [2.24, 2.45) is 0 Å². The van der Waals surface area contributed by atoms with Gasteiger partial charge in [-0.05, 0) is 24.6 Å². The van der Waals surface area contributed by atoms with Gasteiger partial charge in [0.05, 0.1) is 12.2 Å². The predicted molar refractivity (Wildman–Crippen MR) is 67.9 cm³/mol. The Morgan fingerprint density at radius 2 is 1.82 bits per heavy atom. The van der Waals surface area contributed by atoms with Gasteiger partial charge in [0.15, 0.2) is 5.82 Å². The summed E-state index contributed by atoms with van der Waals surface area (Å²) < 4.78 is 5.75. The summed E-state index contributed by atoms with van der Waals surface area (Å²) in [4.78, 5) is 8.49. The van der Waals surface area contributed by atoms with Crippen LogP contribution in [0.3, 0.4) is 0 Å². The molecule has 1 heterocycles. The van der Waals surface area contributed by atoms with E-state index in [1.54, 1.807) is 12.4 Å². The number of unbranched alkanes of at least 4 members (excludes halogenated alkanes) is 1. The summed E-state index contributed by atoms with van der Waals surface area (Å²) in [6.45, 7) is 2.88. The van der Waals surface area contributed by atoms with E-state index < -0.39 is 0 Å². The number of hydrogen-bond acceptors (Lipinski definition) is 3. The Balaban J connectivity index is 2.22. The molecule has 0 amide bonds. The average molecular weight is 228 g/mol. The van der Waals surface area contributed by atoms with Crippen LogP contribution < -0.4 is 4.74 Å². The van der Waals surface area contributed by atoms with Crippen LogP contribution in [-0.4, -0.2) is 16.6 Å². The normalized spacial score (nSPS) is 10.2. The SMILES string of the molecule is CCCCOc1ccccc1-c1ncccn1. The molecule has 0 saturated carbocycles. The van der Waals surface area contributed by atoms with Gasteiger partial charge < -0.3 is 4.74 Å². The molecule has 3 heteroatoms. The summed E-state index contributed by atoms with van der Waals surface area (Å²) >= 11 is 0. The molecular weight excluding hydrogens is 212 g/mol. The highest BCUT2D eigenvalue weighted by Crippen LogP contribution is 2.26. The van der Waals surface area contributed by atoms with Gasteiger partial charge in [-0.3, -0.25) is 0 Å². The van der Waals surface area contributed by atoms with Gasteiger partial charge in [0, 0.05) is 12.4 Å². The Hall–Kier alpha value is -1.90. The summed E-state index contributed by atoms with van der Waals surface area (Å²) in [6, 6.07) is 9.69. The molecule has 2 aromatic rings. The van der Waals surface area contributed by atoms with Crippen LogP contribution in [0.25, 0.3) is 11.4 Å². The molecule has 0 aliphatic rings. The first-order chi connectivity index (χ1) is 8.42. The average Bonchev–Trinajstić information content (AvgIpc) is 2.41. The third-order valence-electron chi connectivity index (χ3n) is 2.45. The van der Waals surface area contributed by atoms with E-state index in [0.717, 1.165) is 30.8 Å². The lowest BCUT2D eigenvalue weighted by atomic mass is 10.2. The van der Waals surface area contributed by atoms with Crippen molar-refractivity contribution in [2.45, 2.75) is 19.8 Å². The maximum Gasteiger partial charge on any atom is 0.162 e. The predicted octanol–water partition coefficient (Wildman–Crippen LogP) is 3.32. The largest absolute Gasteiger partial charge is 0.493 e. The van der Waals surface area contributed by atoms with Crippen molar-refractivity contribution in [3.05, 3.63) is 42.7 Å². The monoisotopic (exact) mass is 228 g/mol. The standard InChI is InChI=1S/C14H16N2O/c1-2-3-11-17-13-8-5-4-7-12(13)14-15-9-6-10-16-14/h4-10H,2-3,11H2,1H3. The summed E-state index contributed by atoms with van der Waals surface area (Å²) in [7, 11) is 0. The molecule has 0 radical (unpaired) electrons. The molecule has 88 valence electrons. The first-order valence-corrected chi connectivity index (χ1v) is 5.91. The zero-order valence-electron chi connectivity index (χ0n) is 9.97. The first kappa shape index (κ1) is 11.6. The number of rotatable bonds is 5. The van der Waals surface area contributed by atoms with E-state index in [4.69, 9.17) is 4.74 Å². The fourth-order valence-corrected chi connectivity index (χ4v) is 1.54. The van der Waals surface area contributed by atoms with Crippen molar-refractivity contribution in [3.63, 3.8) is 0 Å². The minimum Gasteiger partial charge on any atom is -0.493 e. The van der Waals surface area contributed by atoms with Crippen LogP contribution in [0.15, 0.2) is 42.7 Å². The Morgan fingerprint density at radius 1 is 1.06 bits per heavy atom. The van der Waals surface area contributed by atoms with Gasteiger partial charge in [0.2, 0.25) is 0 Å². The van der Waals surface area contributed by atoms with Crippen molar-refractivity contribution in [1.29, 1.82) is 0 Å². The molecule has 0 bridgehead atoms. The highest BCUT2D eigenvalue weighted by molar-refractivity contribution is 5.63. The lowest BCUT2D eigenvalue weighted by Crippen LogP contribution is -1.99. The lowest BCUT2D eigenvalue weighted by Gasteiger charge is -2.09. The van der Waals surface area contributed by atoms with Crippen LogP contribution in [0.5, 0.6) is 5.75 Å². The summed E-state index contributed by atoms with van der Waals surface area (Å²) in [5.74, 6) is 1.56. The van der Waals surface area contributed by atoms with E-state index in [9.17, 15) is 0 Å². The number of para-hydroxylation sites is 1. The molecule has 0 aliphatic heterocycles. The minimum absolute atomic E-state index is 0.708. The van der Waals surface area contributed by atoms with Crippen LogP contribution in [0, 0.1) is 0 Å². The highest BCUT2D eigenvalue weighted by Gasteiger charge is 2.07. The van der Waals surface area contributed by atoms with Crippen molar-refractivity contribution in [1.82, 2.24) is 9.97 Å². The number of nitrogens with zero attached hydrogens (tertiary/aromatic N) is 2. The second kappa shape index (κ2) is 5.99. The Morgan fingerprint density at radius 3 is 2.59 bits per heavy atom. The van der Waals surface area contributed by atoms with Crippen molar-refractivity contribution in [3.8, 4) is 17.1 Å². The lowest BCUT2D eigenvalue weighted by molar-refractivity contribution is 0.310. The summed E-state index contributed by atoms with van der Waals surface area (Å²) in [6.07, 6.45) is 5.67. The molecule has 0 fully saturated rings. The quantitative estimate of drug-likeness (QED) is 0.736. The van der Waals surface area contributed by atoms with Gasteiger partial charge in [-0.25, -0.2) is 9.97 Å². The summed E-state index contributed by atoms with van der Waals surface area (Å²) in [5.41, 5.74) is 0.948. The van der Waals surface area contributed by atoms with E-state index in [1.807, 2.05) is 30.3 Å². The smallest absolute Gasteiger partial charge is 0.162 e. The van der Waals surface area contributed by atoms with Crippen LogP contribution in [-0.2, 0) is 0 Å². The second-order valence-corrected chi connectivity index (χ2v) is 3.77. The summed E-state index contributed by atoms with van der Waals surface area (Å²) in [5, 5.41) is 0. The number of hydrogen-bond donors (Lipinski definition) is 0. The third kappa shape index (κ3) is 3.03. The molecule has 1 aromatic carbocycles. The Bertz CT molecular complexity index is 457. The topological polar surface area (TPSA) is 35.0 Å². The maximum absolute atomic E-state index is 5.75. The second-order valence-electron chi connectivity index (χ2n) is 3.77. The van der Waals surface area contributed by atoms with Gasteiger partial charge in [0.1, 0.15) is 5.75 Å². The Kier molecular flexibility index (Phi) is 4.08. The van der Waals surface area contributed by atoms with E-state index in [-0.39, 0.29) is 0 Å². The van der Waals surface area contributed by atoms with Crippen molar-refractivity contribution >= 4 is 0 Å². The molecule has 0 aliphatic carbocycles. The van der Waals surface area contributed by atoms with Crippen molar-refractivity contribution in [2.75, 3.05) is 6.61 Å². The fourth-order valence-electron chi connectivity index (χ4n) is 1.54. The molecule has 17 heavy (non-hydrogen) atoms. The molecular formula is C14H16N2O. The van der Waals surface area contributed by atoms with Crippen LogP contribution in [0.4, 0.5) is 0 Å².